The van der Waals surface area contributed by atoms with Crippen LogP contribution in [0.3, 0.4) is 0 Å². The molecular weight excluding hydrogens is 380 g/mol. The van der Waals surface area contributed by atoms with Gasteiger partial charge in [-0.15, -0.1) is 0 Å². The van der Waals surface area contributed by atoms with Gasteiger partial charge in [-0.3, -0.25) is 9.36 Å². The lowest BCUT2D eigenvalue weighted by atomic mass is 10.2. The lowest BCUT2D eigenvalue weighted by molar-refractivity contribution is 0.581. The molecule has 0 aliphatic rings. The van der Waals surface area contributed by atoms with Crippen molar-refractivity contribution in [3.05, 3.63) is 62.7 Å². The van der Waals surface area contributed by atoms with Crippen LogP contribution in [0.15, 0.2) is 52.2 Å². The van der Waals surface area contributed by atoms with Crippen LogP contribution in [0.2, 0.25) is 5.02 Å². The maximum Gasteiger partial charge on any atom is 0.308 e. The van der Waals surface area contributed by atoms with Crippen LogP contribution in [0.4, 0.5) is 0 Å². The van der Waals surface area contributed by atoms with E-state index in [4.69, 9.17) is 11.6 Å². The Balaban J connectivity index is 1.89. The zero-order valence-electron chi connectivity index (χ0n) is 13.7. The standard InChI is InChI=1S/C17H17ClN2O3S2/c1-11(2)20-15-8-7-14(9-16(15)24-17(20)21)25(22,23)19-10-12-3-5-13(18)6-4-12/h3-9,11,19H,10H2,1-2H3. The smallest absolute Gasteiger partial charge is 0.296 e. The fourth-order valence-corrected chi connectivity index (χ4v) is 4.83. The Morgan fingerprint density at radius 1 is 1.16 bits per heavy atom. The molecule has 3 aromatic rings. The number of sulfonamides is 1. The molecule has 0 saturated carbocycles. The highest BCUT2D eigenvalue weighted by Gasteiger charge is 2.17. The van der Waals surface area contributed by atoms with Gasteiger partial charge >= 0.3 is 4.87 Å². The second-order valence-electron chi connectivity index (χ2n) is 5.91. The normalized spacial score (nSPS) is 12.2. The first-order chi connectivity index (χ1) is 11.8. The van der Waals surface area contributed by atoms with Crippen molar-refractivity contribution in [2.24, 2.45) is 0 Å². The van der Waals surface area contributed by atoms with Crippen LogP contribution >= 0.6 is 22.9 Å². The number of hydrogen-bond acceptors (Lipinski definition) is 4. The van der Waals surface area contributed by atoms with Crippen molar-refractivity contribution in [3.63, 3.8) is 0 Å². The summed E-state index contributed by atoms with van der Waals surface area (Å²) >= 11 is 6.88. The first-order valence-corrected chi connectivity index (χ1v) is 10.3. The number of rotatable bonds is 5. The number of halogens is 1. The monoisotopic (exact) mass is 396 g/mol. The average molecular weight is 397 g/mol. The van der Waals surface area contributed by atoms with Crippen LogP contribution in [0.25, 0.3) is 10.2 Å². The third kappa shape index (κ3) is 3.79. The molecule has 0 radical (unpaired) electrons. The molecule has 3 rings (SSSR count). The quantitative estimate of drug-likeness (QED) is 0.713. The van der Waals surface area contributed by atoms with Crippen LogP contribution < -0.4 is 9.60 Å². The molecule has 0 unspecified atom stereocenters. The van der Waals surface area contributed by atoms with Crippen molar-refractivity contribution in [1.82, 2.24) is 9.29 Å². The van der Waals surface area contributed by atoms with Crippen LogP contribution in [0.5, 0.6) is 0 Å². The molecule has 2 aromatic carbocycles. The molecular formula is C17H17ClN2O3S2. The summed E-state index contributed by atoms with van der Waals surface area (Å²) < 4.78 is 29.9. The highest BCUT2D eigenvalue weighted by Crippen LogP contribution is 2.24. The van der Waals surface area contributed by atoms with Gasteiger partial charge in [-0.25, -0.2) is 13.1 Å². The van der Waals surface area contributed by atoms with Crippen LogP contribution in [0, 0.1) is 0 Å². The van der Waals surface area contributed by atoms with E-state index in [2.05, 4.69) is 4.72 Å². The third-order valence-corrected chi connectivity index (χ3v) is 6.36. The van der Waals surface area contributed by atoms with Gasteiger partial charge in [-0.05, 0) is 49.7 Å². The number of benzene rings is 2. The van der Waals surface area contributed by atoms with Crippen molar-refractivity contribution in [2.75, 3.05) is 0 Å². The summed E-state index contributed by atoms with van der Waals surface area (Å²) in [5.74, 6) is 0. The fraction of sp³-hybridized carbons (Fsp3) is 0.235. The molecule has 0 atom stereocenters. The van der Waals surface area contributed by atoms with Gasteiger partial charge in [0.1, 0.15) is 0 Å². The maximum absolute atomic E-state index is 12.5. The summed E-state index contributed by atoms with van der Waals surface area (Å²) in [6, 6.07) is 11.7. The third-order valence-electron chi connectivity index (χ3n) is 3.79. The summed E-state index contributed by atoms with van der Waals surface area (Å²) in [5, 5.41) is 0.599. The van der Waals surface area contributed by atoms with E-state index in [0.29, 0.717) is 9.72 Å². The molecule has 0 bridgehead atoms. The van der Waals surface area contributed by atoms with Gasteiger partial charge in [-0.1, -0.05) is 35.1 Å². The highest BCUT2D eigenvalue weighted by molar-refractivity contribution is 7.89. The van der Waals surface area contributed by atoms with Crippen molar-refractivity contribution in [2.45, 2.75) is 31.3 Å². The van der Waals surface area contributed by atoms with E-state index >= 15 is 0 Å². The zero-order chi connectivity index (χ0) is 18.2. The Hall–Kier alpha value is -1.67. The zero-order valence-corrected chi connectivity index (χ0v) is 16.1. The molecule has 132 valence electrons. The minimum Gasteiger partial charge on any atom is -0.296 e. The van der Waals surface area contributed by atoms with Crippen molar-refractivity contribution >= 4 is 43.2 Å². The molecule has 0 aliphatic carbocycles. The molecule has 0 spiro atoms. The first-order valence-electron chi connectivity index (χ1n) is 7.67. The number of nitrogens with zero attached hydrogens (tertiary/aromatic N) is 1. The number of fused-ring (bicyclic) bond motifs is 1. The molecule has 0 saturated heterocycles. The lowest BCUT2D eigenvalue weighted by Gasteiger charge is -2.09. The SMILES string of the molecule is CC(C)n1c(=O)sc2cc(S(=O)(=O)NCc3ccc(Cl)cc3)ccc21. The Morgan fingerprint density at radius 3 is 2.48 bits per heavy atom. The van der Waals surface area contributed by atoms with Gasteiger partial charge in [0.2, 0.25) is 10.0 Å². The fourth-order valence-electron chi connectivity index (χ4n) is 2.54. The summed E-state index contributed by atoms with van der Waals surface area (Å²) in [5.41, 5.74) is 1.56. The molecule has 1 heterocycles. The second-order valence-corrected chi connectivity index (χ2v) is 9.11. The Bertz CT molecular complexity index is 1070. The van der Waals surface area contributed by atoms with Gasteiger partial charge in [0.15, 0.2) is 0 Å². The second kappa shape index (κ2) is 6.92. The average Bonchev–Trinajstić information content (AvgIpc) is 2.89. The molecule has 25 heavy (non-hydrogen) atoms. The maximum atomic E-state index is 12.5. The number of aromatic nitrogens is 1. The molecule has 8 heteroatoms. The Morgan fingerprint density at radius 2 is 1.84 bits per heavy atom. The molecule has 0 amide bonds. The Kier molecular flexibility index (Phi) is 5.02. The van der Waals surface area contributed by atoms with E-state index in [-0.39, 0.29) is 22.4 Å². The Labute approximate surface area is 154 Å². The van der Waals surface area contributed by atoms with Crippen LogP contribution in [0.1, 0.15) is 25.5 Å². The minimum atomic E-state index is -3.67. The van der Waals surface area contributed by atoms with E-state index in [1.54, 1.807) is 41.0 Å². The molecule has 1 aromatic heterocycles. The predicted molar refractivity (Wildman–Crippen MR) is 102 cm³/mol. The highest BCUT2D eigenvalue weighted by atomic mass is 35.5. The van der Waals surface area contributed by atoms with Gasteiger partial charge in [-0.2, -0.15) is 0 Å². The molecule has 0 aliphatic heterocycles. The van der Waals surface area contributed by atoms with Gasteiger partial charge in [0, 0.05) is 17.6 Å². The summed E-state index contributed by atoms with van der Waals surface area (Å²) in [4.78, 5) is 12.1. The molecule has 0 fully saturated rings. The van der Waals surface area contributed by atoms with Crippen molar-refractivity contribution < 1.29 is 8.42 Å². The number of hydrogen-bond donors (Lipinski definition) is 1. The lowest BCUT2D eigenvalue weighted by Crippen LogP contribution is -2.23. The van der Waals surface area contributed by atoms with Gasteiger partial charge in [0.05, 0.1) is 15.1 Å². The number of nitrogens with one attached hydrogen (secondary N) is 1. The summed E-state index contributed by atoms with van der Waals surface area (Å²) in [6.45, 7) is 4.01. The topological polar surface area (TPSA) is 68.2 Å². The van der Waals surface area contributed by atoms with Crippen LogP contribution in [-0.2, 0) is 16.6 Å². The van der Waals surface area contributed by atoms with Crippen molar-refractivity contribution in [1.29, 1.82) is 0 Å². The summed E-state index contributed by atoms with van der Waals surface area (Å²) in [6.07, 6.45) is 0. The minimum absolute atomic E-state index is 0.0201. The van der Waals surface area contributed by atoms with E-state index in [9.17, 15) is 13.2 Å². The van der Waals surface area contributed by atoms with Crippen molar-refractivity contribution in [3.8, 4) is 0 Å². The number of thiazole rings is 1. The molecule has 5 nitrogen and oxygen atoms in total. The molecule has 1 N–H and O–H groups in total. The van der Waals surface area contributed by atoms with Crippen LogP contribution in [-0.4, -0.2) is 13.0 Å². The van der Waals surface area contributed by atoms with E-state index in [1.807, 2.05) is 13.8 Å². The van der Waals surface area contributed by atoms with Gasteiger partial charge < -0.3 is 0 Å². The van der Waals surface area contributed by atoms with Gasteiger partial charge in [0.25, 0.3) is 0 Å². The summed E-state index contributed by atoms with van der Waals surface area (Å²) in [7, 11) is -3.67. The first kappa shape index (κ1) is 18.1. The van der Waals surface area contributed by atoms with E-state index in [0.717, 1.165) is 22.4 Å². The van der Waals surface area contributed by atoms with E-state index < -0.39 is 10.0 Å². The predicted octanol–water partition coefficient (Wildman–Crippen LogP) is 3.78. The van der Waals surface area contributed by atoms with E-state index in [1.165, 1.54) is 6.07 Å². The largest absolute Gasteiger partial charge is 0.308 e.